The van der Waals surface area contributed by atoms with Crippen LogP contribution >= 0.6 is 15.9 Å². The van der Waals surface area contributed by atoms with E-state index in [2.05, 4.69) is 26.3 Å². The number of carbonyl (C=O) groups excluding carboxylic acids is 1. The Kier molecular flexibility index (Phi) is 3.52. The largest absolute Gasteiger partial charge is 0.307 e. The number of aryl methyl sites for hydroxylation is 3. The van der Waals surface area contributed by atoms with Crippen LogP contribution in [0.25, 0.3) is 0 Å². The third-order valence-corrected chi connectivity index (χ3v) is 3.18. The molecule has 18 heavy (non-hydrogen) atoms. The zero-order valence-electron chi connectivity index (χ0n) is 10.5. The monoisotopic (exact) mass is 307 g/mol. The number of hydrogen-bond acceptors (Lipinski definition) is 2. The van der Waals surface area contributed by atoms with Gasteiger partial charge in [0, 0.05) is 23.2 Å². The van der Waals surface area contributed by atoms with Gasteiger partial charge in [0.05, 0.1) is 5.69 Å². The molecule has 0 aliphatic heterocycles. The molecule has 1 N–H and O–H groups in total. The zero-order valence-corrected chi connectivity index (χ0v) is 12.1. The fourth-order valence-corrected chi connectivity index (χ4v) is 2.11. The molecule has 0 aliphatic carbocycles. The third-order valence-electron chi connectivity index (χ3n) is 2.69. The lowest BCUT2D eigenvalue weighted by molar-refractivity contribution is 0.102. The minimum atomic E-state index is -0.128. The summed E-state index contributed by atoms with van der Waals surface area (Å²) in [4.78, 5) is 12.2. The minimum absolute atomic E-state index is 0.128. The smallest absolute Gasteiger partial charge is 0.257 e. The maximum absolute atomic E-state index is 12.2. The Morgan fingerprint density at radius 2 is 2.06 bits per heavy atom. The van der Waals surface area contributed by atoms with Crippen LogP contribution in [0.1, 0.15) is 21.6 Å². The maximum Gasteiger partial charge on any atom is 0.257 e. The molecule has 0 radical (unpaired) electrons. The van der Waals surface area contributed by atoms with E-state index in [9.17, 15) is 4.79 Å². The van der Waals surface area contributed by atoms with Crippen LogP contribution < -0.4 is 5.32 Å². The molecule has 2 aromatic rings. The summed E-state index contributed by atoms with van der Waals surface area (Å²) in [5.74, 6) is 0.564. The molecular formula is C13H14BrN3O. The first-order valence-electron chi connectivity index (χ1n) is 5.55. The number of nitrogens with one attached hydrogen (secondary N) is 1. The molecule has 0 fully saturated rings. The molecule has 0 saturated heterocycles. The molecule has 4 nitrogen and oxygen atoms in total. The van der Waals surface area contributed by atoms with E-state index >= 15 is 0 Å². The summed E-state index contributed by atoms with van der Waals surface area (Å²) in [6, 6.07) is 7.48. The van der Waals surface area contributed by atoms with Crippen LogP contribution in [-0.4, -0.2) is 15.7 Å². The highest BCUT2D eigenvalue weighted by Gasteiger charge is 2.12. The average Bonchev–Trinajstić information content (AvgIpc) is 2.61. The number of carbonyl (C=O) groups is 1. The SMILES string of the molecule is Cc1cc(NC(=O)c2cc(Br)ccc2C)n(C)n1. The van der Waals surface area contributed by atoms with Crippen molar-refractivity contribution in [3.63, 3.8) is 0 Å². The van der Waals surface area contributed by atoms with Crippen LogP contribution in [0.5, 0.6) is 0 Å². The summed E-state index contributed by atoms with van der Waals surface area (Å²) in [5, 5.41) is 7.05. The van der Waals surface area contributed by atoms with Crippen molar-refractivity contribution >= 4 is 27.7 Å². The van der Waals surface area contributed by atoms with Crippen LogP contribution in [0.3, 0.4) is 0 Å². The second-order valence-electron chi connectivity index (χ2n) is 4.21. The summed E-state index contributed by atoms with van der Waals surface area (Å²) in [6.07, 6.45) is 0. The first kappa shape index (κ1) is 12.8. The van der Waals surface area contributed by atoms with Crippen LogP contribution in [0, 0.1) is 13.8 Å². The van der Waals surface area contributed by atoms with Gasteiger partial charge in [-0.2, -0.15) is 5.10 Å². The van der Waals surface area contributed by atoms with Crippen molar-refractivity contribution in [3.05, 3.63) is 45.6 Å². The summed E-state index contributed by atoms with van der Waals surface area (Å²) in [6.45, 7) is 3.80. The number of halogens is 1. The number of rotatable bonds is 2. The molecule has 94 valence electrons. The van der Waals surface area contributed by atoms with Gasteiger partial charge in [0.1, 0.15) is 5.82 Å². The van der Waals surface area contributed by atoms with Gasteiger partial charge in [0.15, 0.2) is 0 Å². The molecule has 0 spiro atoms. The fourth-order valence-electron chi connectivity index (χ4n) is 1.75. The number of benzene rings is 1. The average molecular weight is 308 g/mol. The highest BCUT2D eigenvalue weighted by atomic mass is 79.9. The number of hydrogen-bond donors (Lipinski definition) is 1. The van der Waals surface area contributed by atoms with Crippen molar-refractivity contribution in [2.24, 2.45) is 7.05 Å². The molecule has 5 heteroatoms. The van der Waals surface area contributed by atoms with Crippen LogP contribution in [-0.2, 0) is 7.05 Å². The Balaban J connectivity index is 2.27. The summed E-state index contributed by atoms with van der Waals surface area (Å²) < 4.78 is 2.54. The number of anilines is 1. The van der Waals surface area contributed by atoms with Crippen LogP contribution in [0.4, 0.5) is 5.82 Å². The second-order valence-corrected chi connectivity index (χ2v) is 5.12. The lowest BCUT2D eigenvalue weighted by Gasteiger charge is -2.08. The summed E-state index contributed by atoms with van der Waals surface area (Å²) in [5.41, 5.74) is 2.47. The molecule has 1 heterocycles. The molecule has 2 rings (SSSR count). The van der Waals surface area contributed by atoms with Crippen LogP contribution in [0.15, 0.2) is 28.7 Å². The molecule has 0 bridgehead atoms. The maximum atomic E-state index is 12.2. The van der Waals surface area contributed by atoms with E-state index in [1.54, 1.807) is 11.7 Å². The van der Waals surface area contributed by atoms with E-state index in [4.69, 9.17) is 0 Å². The Labute approximate surface area is 114 Å². The van der Waals surface area contributed by atoms with Gasteiger partial charge in [0.2, 0.25) is 0 Å². The molecule has 0 aliphatic rings. The van der Waals surface area contributed by atoms with Gasteiger partial charge in [-0.05, 0) is 31.5 Å². The Hall–Kier alpha value is -1.62. The molecule has 1 aromatic heterocycles. The number of aromatic nitrogens is 2. The Morgan fingerprint density at radius 1 is 1.33 bits per heavy atom. The highest BCUT2D eigenvalue weighted by Crippen LogP contribution is 2.18. The minimum Gasteiger partial charge on any atom is -0.307 e. The number of amides is 1. The van der Waals surface area contributed by atoms with Gasteiger partial charge >= 0.3 is 0 Å². The van der Waals surface area contributed by atoms with Crippen molar-refractivity contribution in [3.8, 4) is 0 Å². The molecular weight excluding hydrogens is 294 g/mol. The topological polar surface area (TPSA) is 46.9 Å². The van der Waals surface area contributed by atoms with E-state index in [1.807, 2.05) is 38.1 Å². The van der Waals surface area contributed by atoms with Gasteiger partial charge in [-0.3, -0.25) is 9.48 Å². The van der Waals surface area contributed by atoms with Crippen molar-refractivity contribution in [2.75, 3.05) is 5.32 Å². The first-order chi connectivity index (χ1) is 8.47. The van der Waals surface area contributed by atoms with Crippen LogP contribution in [0.2, 0.25) is 0 Å². The fraction of sp³-hybridized carbons (Fsp3) is 0.231. The van der Waals surface area contributed by atoms with Gasteiger partial charge in [-0.25, -0.2) is 0 Å². The quantitative estimate of drug-likeness (QED) is 0.927. The van der Waals surface area contributed by atoms with E-state index in [-0.39, 0.29) is 5.91 Å². The lowest BCUT2D eigenvalue weighted by Crippen LogP contribution is -2.15. The Bertz CT molecular complexity index is 604. The van der Waals surface area contributed by atoms with Gasteiger partial charge in [-0.1, -0.05) is 22.0 Å². The molecule has 0 atom stereocenters. The van der Waals surface area contributed by atoms with Crippen molar-refractivity contribution < 1.29 is 4.79 Å². The zero-order chi connectivity index (χ0) is 13.3. The highest BCUT2D eigenvalue weighted by molar-refractivity contribution is 9.10. The standard InChI is InChI=1S/C13H14BrN3O/c1-8-4-5-10(14)7-11(8)13(18)15-12-6-9(2)16-17(12)3/h4-7H,1-3H3,(H,15,18). The van der Waals surface area contributed by atoms with Crippen molar-refractivity contribution in [1.29, 1.82) is 0 Å². The summed E-state index contributed by atoms with van der Waals surface area (Å²) in [7, 11) is 1.80. The normalized spacial score (nSPS) is 10.4. The number of nitrogens with zero attached hydrogens (tertiary/aromatic N) is 2. The molecule has 0 saturated carbocycles. The van der Waals surface area contributed by atoms with E-state index in [1.165, 1.54) is 0 Å². The Morgan fingerprint density at radius 3 is 2.67 bits per heavy atom. The predicted octanol–water partition coefficient (Wildman–Crippen LogP) is 3.05. The van der Waals surface area contributed by atoms with E-state index in [0.717, 1.165) is 15.7 Å². The van der Waals surface area contributed by atoms with Gasteiger partial charge < -0.3 is 5.32 Å². The molecule has 1 aromatic carbocycles. The third kappa shape index (κ3) is 2.61. The first-order valence-corrected chi connectivity index (χ1v) is 6.35. The summed E-state index contributed by atoms with van der Waals surface area (Å²) >= 11 is 3.37. The van der Waals surface area contributed by atoms with Crippen molar-refractivity contribution in [1.82, 2.24) is 9.78 Å². The predicted molar refractivity (Wildman–Crippen MR) is 74.8 cm³/mol. The lowest BCUT2D eigenvalue weighted by atomic mass is 10.1. The van der Waals surface area contributed by atoms with Crippen molar-refractivity contribution in [2.45, 2.75) is 13.8 Å². The molecule has 1 amide bonds. The van der Waals surface area contributed by atoms with Gasteiger partial charge in [-0.15, -0.1) is 0 Å². The van der Waals surface area contributed by atoms with Gasteiger partial charge in [0.25, 0.3) is 5.91 Å². The van der Waals surface area contributed by atoms with E-state index in [0.29, 0.717) is 11.4 Å². The second kappa shape index (κ2) is 4.94. The molecule has 0 unspecified atom stereocenters. The van der Waals surface area contributed by atoms with E-state index < -0.39 is 0 Å².